The largest absolute Gasteiger partial charge is 0.381 e. The van der Waals surface area contributed by atoms with Crippen molar-refractivity contribution in [2.75, 3.05) is 13.2 Å². The van der Waals surface area contributed by atoms with Gasteiger partial charge in [-0.3, -0.25) is 4.79 Å². The van der Waals surface area contributed by atoms with Crippen LogP contribution in [0.25, 0.3) is 0 Å². The molecule has 1 aliphatic rings. The van der Waals surface area contributed by atoms with E-state index in [1.54, 1.807) is 0 Å². The van der Waals surface area contributed by atoms with Gasteiger partial charge in [-0.25, -0.2) is 0 Å². The second-order valence-corrected chi connectivity index (χ2v) is 5.18. The fourth-order valence-electron chi connectivity index (χ4n) is 1.78. The molecule has 0 radical (unpaired) electrons. The average molecular weight is 242 g/mol. The van der Waals surface area contributed by atoms with Gasteiger partial charge in [0.2, 0.25) is 5.91 Å². The summed E-state index contributed by atoms with van der Waals surface area (Å²) in [5.74, 6) is -0.276. The summed E-state index contributed by atoms with van der Waals surface area (Å²) >= 11 is 0. The highest BCUT2D eigenvalue weighted by atomic mass is 16.5. The Hall–Kier alpha value is -0.610. The van der Waals surface area contributed by atoms with Crippen LogP contribution in [0.4, 0.5) is 0 Å². The van der Waals surface area contributed by atoms with Gasteiger partial charge in [-0.1, -0.05) is 19.8 Å². The summed E-state index contributed by atoms with van der Waals surface area (Å²) in [4.78, 5) is 11.5. The van der Waals surface area contributed by atoms with Crippen LogP contribution in [0.1, 0.15) is 52.4 Å². The molecule has 4 heteroatoms. The lowest BCUT2D eigenvalue weighted by Gasteiger charge is -2.27. The summed E-state index contributed by atoms with van der Waals surface area (Å²) in [6, 6.07) is 0.479. The number of carbonyl (C=O) groups excluding carboxylic acids is 1. The maximum absolute atomic E-state index is 11.5. The maximum Gasteiger partial charge on any atom is 0.237 e. The Morgan fingerprint density at radius 2 is 2.12 bits per heavy atom. The summed E-state index contributed by atoms with van der Waals surface area (Å²) in [5.41, 5.74) is 4.85. The van der Waals surface area contributed by atoms with Gasteiger partial charge in [-0.15, -0.1) is 0 Å². The summed E-state index contributed by atoms with van der Waals surface area (Å²) in [7, 11) is 0. The molecule has 0 aromatic carbocycles. The van der Waals surface area contributed by atoms with E-state index in [1.807, 2.05) is 6.92 Å². The van der Waals surface area contributed by atoms with Crippen LogP contribution in [-0.4, -0.2) is 30.7 Å². The zero-order valence-electron chi connectivity index (χ0n) is 11.1. The molecule has 3 N–H and O–H groups in total. The normalized spacial score (nSPS) is 18.9. The Morgan fingerprint density at radius 1 is 1.41 bits per heavy atom. The zero-order valence-corrected chi connectivity index (χ0v) is 11.1. The average Bonchev–Trinajstić information content (AvgIpc) is 3.07. The van der Waals surface area contributed by atoms with Crippen LogP contribution in [0.3, 0.4) is 0 Å². The number of amides is 1. The van der Waals surface area contributed by atoms with Crippen molar-refractivity contribution in [3.63, 3.8) is 0 Å². The van der Waals surface area contributed by atoms with Crippen LogP contribution in [-0.2, 0) is 9.53 Å². The molecule has 1 amide bonds. The van der Waals surface area contributed by atoms with Crippen molar-refractivity contribution in [3.05, 3.63) is 0 Å². The molecule has 0 aromatic rings. The van der Waals surface area contributed by atoms with Crippen molar-refractivity contribution >= 4 is 5.91 Å². The van der Waals surface area contributed by atoms with E-state index < -0.39 is 5.54 Å². The third-order valence-electron chi connectivity index (χ3n) is 3.28. The molecule has 0 saturated heterocycles. The van der Waals surface area contributed by atoms with Crippen molar-refractivity contribution in [2.45, 2.75) is 64.0 Å². The number of hydrogen-bond acceptors (Lipinski definition) is 3. The first kappa shape index (κ1) is 14.5. The third-order valence-corrected chi connectivity index (χ3v) is 3.28. The topological polar surface area (TPSA) is 64.3 Å². The van der Waals surface area contributed by atoms with Gasteiger partial charge in [0, 0.05) is 19.3 Å². The standard InChI is InChI=1S/C13H26N2O2/c1-3-4-5-9-17-10-8-13(2,12(14)16)15-11-6-7-11/h11,15H,3-10H2,1-2H3,(H2,14,16). The van der Waals surface area contributed by atoms with Gasteiger partial charge >= 0.3 is 0 Å². The Morgan fingerprint density at radius 3 is 2.65 bits per heavy atom. The first-order valence-corrected chi connectivity index (χ1v) is 6.74. The molecule has 0 heterocycles. The van der Waals surface area contributed by atoms with Crippen molar-refractivity contribution in [3.8, 4) is 0 Å². The van der Waals surface area contributed by atoms with E-state index in [4.69, 9.17) is 10.5 Å². The number of nitrogens with one attached hydrogen (secondary N) is 1. The van der Waals surface area contributed by atoms with Gasteiger partial charge in [0.05, 0.1) is 5.54 Å². The molecule has 0 aromatic heterocycles. The molecular formula is C13H26N2O2. The molecule has 1 rings (SSSR count). The SMILES string of the molecule is CCCCCOCCC(C)(NC1CC1)C(N)=O. The van der Waals surface area contributed by atoms with Crippen LogP contribution in [0.5, 0.6) is 0 Å². The molecule has 1 fully saturated rings. The van der Waals surface area contributed by atoms with E-state index in [9.17, 15) is 4.79 Å². The second-order valence-electron chi connectivity index (χ2n) is 5.18. The van der Waals surface area contributed by atoms with Gasteiger partial charge in [0.1, 0.15) is 0 Å². The molecular weight excluding hydrogens is 216 g/mol. The number of nitrogens with two attached hydrogens (primary N) is 1. The summed E-state index contributed by atoms with van der Waals surface area (Å²) in [6.45, 7) is 5.43. The Balaban J connectivity index is 2.17. The fraction of sp³-hybridized carbons (Fsp3) is 0.923. The lowest BCUT2D eigenvalue weighted by Crippen LogP contribution is -2.54. The van der Waals surface area contributed by atoms with Crippen LogP contribution in [0.15, 0.2) is 0 Å². The van der Waals surface area contributed by atoms with Crippen LogP contribution >= 0.6 is 0 Å². The van der Waals surface area contributed by atoms with Crippen molar-refractivity contribution in [1.29, 1.82) is 0 Å². The fourth-order valence-corrected chi connectivity index (χ4v) is 1.78. The quantitative estimate of drug-likeness (QED) is 0.572. The lowest BCUT2D eigenvalue weighted by molar-refractivity contribution is -0.124. The van der Waals surface area contributed by atoms with Gasteiger partial charge in [0.15, 0.2) is 0 Å². The molecule has 17 heavy (non-hydrogen) atoms. The van der Waals surface area contributed by atoms with Crippen LogP contribution < -0.4 is 11.1 Å². The first-order valence-electron chi connectivity index (χ1n) is 6.74. The van der Waals surface area contributed by atoms with Gasteiger partial charge in [-0.05, 0) is 32.6 Å². The molecule has 100 valence electrons. The monoisotopic (exact) mass is 242 g/mol. The van der Waals surface area contributed by atoms with E-state index in [-0.39, 0.29) is 5.91 Å². The Kier molecular flexibility index (Phi) is 5.92. The molecule has 1 unspecified atom stereocenters. The summed E-state index contributed by atoms with van der Waals surface area (Å²) < 4.78 is 5.54. The maximum atomic E-state index is 11.5. The number of rotatable bonds is 10. The predicted octanol–water partition coefficient (Wildman–Crippen LogP) is 1.58. The van der Waals surface area contributed by atoms with E-state index in [0.29, 0.717) is 19.1 Å². The second kappa shape index (κ2) is 6.97. The Bertz CT molecular complexity index is 242. The predicted molar refractivity (Wildman–Crippen MR) is 68.7 cm³/mol. The highest BCUT2D eigenvalue weighted by molar-refractivity contribution is 5.84. The molecule has 4 nitrogen and oxygen atoms in total. The minimum Gasteiger partial charge on any atom is -0.381 e. The van der Waals surface area contributed by atoms with Crippen LogP contribution in [0, 0.1) is 0 Å². The minimum atomic E-state index is -0.605. The van der Waals surface area contributed by atoms with Crippen molar-refractivity contribution < 1.29 is 9.53 Å². The highest BCUT2D eigenvalue weighted by Crippen LogP contribution is 2.23. The summed E-state index contributed by atoms with van der Waals surface area (Å²) in [6.07, 6.45) is 6.46. The van der Waals surface area contributed by atoms with Gasteiger partial charge < -0.3 is 15.8 Å². The smallest absolute Gasteiger partial charge is 0.237 e. The van der Waals surface area contributed by atoms with Crippen LogP contribution in [0.2, 0.25) is 0 Å². The first-order chi connectivity index (χ1) is 8.08. The van der Waals surface area contributed by atoms with E-state index in [2.05, 4.69) is 12.2 Å². The molecule has 1 atom stereocenters. The van der Waals surface area contributed by atoms with Crippen molar-refractivity contribution in [2.24, 2.45) is 5.73 Å². The summed E-state index contributed by atoms with van der Waals surface area (Å²) in [5, 5.41) is 3.31. The molecule has 1 saturated carbocycles. The number of ether oxygens (including phenoxy) is 1. The van der Waals surface area contributed by atoms with E-state index in [0.717, 1.165) is 25.9 Å². The lowest BCUT2D eigenvalue weighted by atomic mass is 9.97. The number of primary amides is 1. The van der Waals surface area contributed by atoms with Gasteiger partial charge in [0.25, 0.3) is 0 Å². The zero-order chi connectivity index (χ0) is 12.7. The van der Waals surface area contributed by atoms with Crippen molar-refractivity contribution in [1.82, 2.24) is 5.32 Å². The number of unbranched alkanes of at least 4 members (excludes halogenated alkanes) is 2. The third kappa shape index (κ3) is 5.50. The van der Waals surface area contributed by atoms with E-state index in [1.165, 1.54) is 12.8 Å². The number of hydrogen-bond donors (Lipinski definition) is 2. The molecule has 0 bridgehead atoms. The van der Waals surface area contributed by atoms with Gasteiger partial charge in [-0.2, -0.15) is 0 Å². The molecule has 0 aliphatic heterocycles. The molecule has 0 spiro atoms. The Labute approximate surface area is 104 Å². The highest BCUT2D eigenvalue weighted by Gasteiger charge is 2.36. The molecule has 1 aliphatic carbocycles. The minimum absolute atomic E-state index is 0.276. The number of carbonyl (C=O) groups is 1. The van der Waals surface area contributed by atoms with E-state index >= 15 is 0 Å².